The van der Waals surface area contributed by atoms with Gasteiger partial charge in [0.2, 0.25) is 11.8 Å². The van der Waals surface area contributed by atoms with Crippen molar-refractivity contribution in [2.45, 2.75) is 88.4 Å². The summed E-state index contributed by atoms with van der Waals surface area (Å²) in [7, 11) is 0. The number of nitrogens with one attached hydrogen (secondary N) is 2. The average Bonchev–Trinajstić information content (AvgIpc) is 3.42. The number of rotatable bonds is 8. The SMILES string of the molecule is O=C(CN1C(=O)C(c2ccc(F)cc2)=NC12CCCCCC2)Nc1ccc(Cl)cc1.O=C(CN1C(=O)C(c2ccccc2)=NC12CCCCCC2)Nc1ccccc1. The molecule has 2 spiro atoms. The van der Waals surface area contributed by atoms with Crippen LogP contribution in [0.4, 0.5) is 15.8 Å². The second-order valence-electron chi connectivity index (χ2n) is 15.3. The van der Waals surface area contributed by atoms with Gasteiger partial charge in [-0.15, -0.1) is 0 Å². The van der Waals surface area contributed by atoms with E-state index in [2.05, 4.69) is 10.6 Å². The summed E-state index contributed by atoms with van der Waals surface area (Å²) in [5, 5.41) is 6.30. The van der Waals surface area contributed by atoms with Gasteiger partial charge < -0.3 is 20.4 Å². The smallest absolute Gasteiger partial charge is 0.275 e. The third-order valence-electron chi connectivity index (χ3n) is 11.3. The number of carbonyl (C=O) groups is 4. The molecular formula is C46H48ClFN6O4. The van der Waals surface area contributed by atoms with Gasteiger partial charge in [-0.05, 0) is 112 Å². The van der Waals surface area contributed by atoms with Crippen molar-refractivity contribution < 1.29 is 23.6 Å². The fraction of sp³-hybridized carbons (Fsp3) is 0.348. The molecule has 4 aromatic carbocycles. The van der Waals surface area contributed by atoms with Crippen LogP contribution in [0.2, 0.25) is 5.02 Å². The lowest BCUT2D eigenvalue weighted by Gasteiger charge is -2.35. The average molecular weight is 803 g/mol. The molecule has 10 nitrogen and oxygen atoms in total. The molecule has 2 saturated carbocycles. The molecule has 0 unspecified atom stereocenters. The number of nitrogens with zero attached hydrogens (tertiary/aromatic N) is 4. The van der Waals surface area contributed by atoms with Gasteiger partial charge in [0.1, 0.15) is 41.7 Å². The summed E-state index contributed by atoms with van der Waals surface area (Å²) in [5.74, 6) is -1.27. The highest BCUT2D eigenvalue weighted by atomic mass is 35.5. The van der Waals surface area contributed by atoms with Crippen molar-refractivity contribution in [1.29, 1.82) is 0 Å². The number of amides is 4. The first-order valence-electron chi connectivity index (χ1n) is 20.2. The largest absolute Gasteiger partial charge is 0.325 e. The van der Waals surface area contributed by atoms with E-state index in [1.54, 1.807) is 46.2 Å². The van der Waals surface area contributed by atoms with Crippen molar-refractivity contribution in [3.05, 3.63) is 131 Å². The molecule has 58 heavy (non-hydrogen) atoms. The van der Waals surface area contributed by atoms with Crippen molar-refractivity contribution >= 4 is 58.0 Å². The number of halogens is 2. The van der Waals surface area contributed by atoms with Crippen LogP contribution in [0, 0.1) is 5.82 Å². The van der Waals surface area contributed by atoms with Gasteiger partial charge in [0.25, 0.3) is 11.8 Å². The Balaban J connectivity index is 0.000000177. The molecule has 2 aliphatic carbocycles. The summed E-state index contributed by atoms with van der Waals surface area (Å²) in [4.78, 5) is 65.2. The molecule has 12 heteroatoms. The van der Waals surface area contributed by atoms with E-state index in [0.29, 0.717) is 27.7 Å². The van der Waals surface area contributed by atoms with E-state index >= 15 is 0 Å². The van der Waals surface area contributed by atoms with Crippen molar-refractivity contribution in [2.75, 3.05) is 23.7 Å². The third-order valence-corrected chi connectivity index (χ3v) is 11.6. The highest BCUT2D eigenvalue weighted by Crippen LogP contribution is 2.40. The molecule has 2 fully saturated rings. The molecule has 4 amide bonds. The minimum atomic E-state index is -0.714. The van der Waals surface area contributed by atoms with Gasteiger partial charge in [0.15, 0.2) is 0 Å². The van der Waals surface area contributed by atoms with E-state index in [-0.39, 0.29) is 42.5 Å². The van der Waals surface area contributed by atoms with Crippen LogP contribution in [0.5, 0.6) is 0 Å². The van der Waals surface area contributed by atoms with Crippen LogP contribution in [0.1, 0.15) is 88.2 Å². The Bertz CT molecular complexity index is 2150. The Kier molecular flexibility index (Phi) is 12.8. The van der Waals surface area contributed by atoms with Crippen LogP contribution in [0.25, 0.3) is 0 Å². The molecule has 0 atom stereocenters. The zero-order valence-electron chi connectivity index (χ0n) is 32.5. The van der Waals surface area contributed by atoms with E-state index in [1.165, 1.54) is 12.1 Å². The molecule has 2 heterocycles. The zero-order chi connectivity index (χ0) is 40.5. The molecule has 0 bridgehead atoms. The van der Waals surface area contributed by atoms with E-state index in [0.717, 1.165) is 88.3 Å². The van der Waals surface area contributed by atoms with E-state index in [9.17, 15) is 23.6 Å². The molecule has 8 rings (SSSR count). The van der Waals surface area contributed by atoms with Crippen LogP contribution < -0.4 is 10.6 Å². The number of benzene rings is 4. The molecule has 4 aromatic rings. The monoisotopic (exact) mass is 802 g/mol. The minimum absolute atomic E-state index is 0.0214. The minimum Gasteiger partial charge on any atom is -0.325 e. The van der Waals surface area contributed by atoms with Crippen molar-refractivity contribution in [3.63, 3.8) is 0 Å². The van der Waals surface area contributed by atoms with Gasteiger partial charge in [0.05, 0.1) is 0 Å². The van der Waals surface area contributed by atoms with Gasteiger partial charge in [0, 0.05) is 27.5 Å². The number of anilines is 2. The van der Waals surface area contributed by atoms with Gasteiger partial charge in [-0.2, -0.15) is 0 Å². The second kappa shape index (κ2) is 18.3. The Hall–Kier alpha value is -5.68. The fourth-order valence-electron chi connectivity index (χ4n) is 8.38. The second-order valence-corrected chi connectivity index (χ2v) is 15.8. The normalized spacial score (nSPS) is 18.4. The molecule has 2 N–H and O–H groups in total. The predicted octanol–water partition coefficient (Wildman–Crippen LogP) is 8.81. The van der Waals surface area contributed by atoms with Gasteiger partial charge >= 0.3 is 0 Å². The number of hydrogen-bond donors (Lipinski definition) is 2. The number of hydrogen-bond acceptors (Lipinski definition) is 6. The third kappa shape index (κ3) is 9.37. The van der Waals surface area contributed by atoms with Gasteiger partial charge in [-0.25, -0.2) is 4.39 Å². The first-order valence-corrected chi connectivity index (χ1v) is 20.6. The number of carbonyl (C=O) groups excluding carboxylic acids is 4. The van der Waals surface area contributed by atoms with Crippen molar-refractivity contribution in [2.24, 2.45) is 9.98 Å². The lowest BCUT2D eigenvalue weighted by molar-refractivity contribution is -0.133. The fourth-order valence-corrected chi connectivity index (χ4v) is 8.51. The Morgan fingerprint density at radius 3 is 1.40 bits per heavy atom. The summed E-state index contributed by atoms with van der Waals surface area (Å²) in [6.45, 7) is -0.0663. The zero-order valence-corrected chi connectivity index (χ0v) is 33.2. The first kappa shape index (κ1) is 40.5. The highest BCUT2D eigenvalue weighted by molar-refractivity contribution is 6.47. The Morgan fingerprint density at radius 1 is 0.552 bits per heavy atom. The van der Waals surface area contributed by atoms with Crippen LogP contribution in [-0.2, 0) is 19.2 Å². The van der Waals surface area contributed by atoms with Crippen molar-refractivity contribution in [1.82, 2.24) is 9.80 Å². The maximum atomic E-state index is 13.4. The maximum Gasteiger partial charge on any atom is 0.275 e. The quantitative estimate of drug-likeness (QED) is 0.185. The molecule has 4 aliphatic rings. The van der Waals surface area contributed by atoms with E-state index < -0.39 is 11.3 Å². The summed E-state index contributed by atoms with van der Waals surface area (Å²) in [6, 6.07) is 31.5. The van der Waals surface area contributed by atoms with Crippen LogP contribution in [0.3, 0.4) is 0 Å². The summed E-state index contributed by atoms with van der Waals surface area (Å²) in [6.07, 6.45) is 11.5. The maximum absolute atomic E-state index is 13.4. The lowest BCUT2D eigenvalue weighted by atomic mass is 10.00. The number of aliphatic imine (C=N–C) groups is 2. The molecular weight excluding hydrogens is 755 g/mol. The van der Waals surface area contributed by atoms with E-state index in [1.807, 2.05) is 60.7 Å². The van der Waals surface area contributed by atoms with Crippen LogP contribution >= 0.6 is 11.6 Å². The summed E-state index contributed by atoms with van der Waals surface area (Å²) in [5.41, 5.74) is 2.23. The van der Waals surface area contributed by atoms with Crippen LogP contribution in [-0.4, -0.2) is 69.3 Å². The van der Waals surface area contributed by atoms with Crippen molar-refractivity contribution in [3.8, 4) is 0 Å². The summed E-state index contributed by atoms with van der Waals surface area (Å²) >= 11 is 5.90. The topological polar surface area (TPSA) is 124 Å². The highest BCUT2D eigenvalue weighted by Gasteiger charge is 2.49. The first-order chi connectivity index (χ1) is 28.1. The van der Waals surface area contributed by atoms with E-state index in [4.69, 9.17) is 21.6 Å². The molecule has 2 aliphatic heterocycles. The molecule has 0 saturated heterocycles. The van der Waals surface area contributed by atoms with Gasteiger partial charge in [-0.1, -0.05) is 85.8 Å². The predicted molar refractivity (Wildman–Crippen MR) is 225 cm³/mol. The standard InChI is InChI=1S/C23H23ClFN3O2.C23H25N3O2/c24-17-7-11-19(12-8-17)26-20(29)15-28-22(30)21(16-5-9-18(25)10-6-16)27-23(28)13-3-1-2-4-14-23;27-20(24-19-13-7-4-8-14-19)17-26-22(28)21(18-11-5-3-6-12-18)25-23(26)15-9-1-2-10-16-23/h5-12H,1-4,13-15H2,(H,26,29);3-8,11-14H,1-2,9-10,15-17H2,(H,24,27). The number of para-hydroxylation sites is 1. The molecule has 0 radical (unpaired) electrons. The van der Waals surface area contributed by atoms with Gasteiger partial charge in [-0.3, -0.25) is 29.2 Å². The van der Waals surface area contributed by atoms with Crippen LogP contribution in [0.15, 0.2) is 119 Å². The molecule has 0 aromatic heterocycles. The summed E-state index contributed by atoms with van der Waals surface area (Å²) < 4.78 is 13.4. The molecule has 300 valence electrons. The lowest BCUT2D eigenvalue weighted by Crippen LogP contribution is -2.50. The Morgan fingerprint density at radius 2 is 0.948 bits per heavy atom. The Labute approximate surface area is 343 Å².